The van der Waals surface area contributed by atoms with Crippen LogP contribution in [-0.2, 0) is 12.8 Å². The number of rotatable bonds is 7. The highest BCUT2D eigenvalue weighted by molar-refractivity contribution is 7.27. The van der Waals surface area contributed by atoms with Gasteiger partial charge in [0.05, 0.1) is 34.0 Å². The Kier molecular flexibility index (Phi) is 8.35. The van der Waals surface area contributed by atoms with E-state index in [1.165, 1.54) is 61.9 Å². The van der Waals surface area contributed by atoms with E-state index in [1.54, 1.807) is 0 Å². The van der Waals surface area contributed by atoms with Crippen molar-refractivity contribution < 1.29 is 0 Å². The van der Waals surface area contributed by atoms with Crippen LogP contribution in [0.4, 0.5) is 0 Å². The van der Waals surface area contributed by atoms with Crippen molar-refractivity contribution >= 4 is 107 Å². The molecular formula is C58H36N6S2. The zero-order valence-corrected chi connectivity index (χ0v) is 37.0. The molecule has 0 bridgehead atoms. The molecule has 0 amide bonds. The molecule has 0 spiro atoms. The van der Waals surface area contributed by atoms with Gasteiger partial charge in [-0.3, -0.25) is 4.57 Å². The van der Waals surface area contributed by atoms with Crippen LogP contribution in [0.15, 0.2) is 194 Å². The molecule has 8 aromatic carbocycles. The third kappa shape index (κ3) is 5.72. The number of aryl methyl sites for hydroxylation is 2. The highest BCUT2D eigenvalue weighted by atomic mass is 32.1. The number of hydrogen-bond donors (Lipinski definition) is 0. The Bertz CT molecular complexity index is 4180. The van der Waals surface area contributed by atoms with Gasteiger partial charge in [-0.05, 0) is 54.4 Å². The molecule has 0 aliphatic heterocycles. The number of para-hydroxylation sites is 2. The van der Waals surface area contributed by atoms with Gasteiger partial charge in [0.15, 0.2) is 11.6 Å². The van der Waals surface area contributed by atoms with Crippen LogP contribution in [0.5, 0.6) is 0 Å². The van der Waals surface area contributed by atoms with Crippen LogP contribution in [0.1, 0.15) is 11.4 Å². The lowest BCUT2D eigenvalue weighted by atomic mass is 10.1. The minimum atomic E-state index is 0.577. The van der Waals surface area contributed by atoms with E-state index in [9.17, 15) is 0 Å². The first-order chi connectivity index (χ1) is 32.7. The van der Waals surface area contributed by atoms with Crippen molar-refractivity contribution in [3.63, 3.8) is 0 Å². The molecule has 0 saturated carbocycles. The van der Waals surface area contributed by atoms with Crippen molar-refractivity contribution in [2.24, 2.45) is 0 Å². The van der Waals surface area contributed by atoms with Gasteiger partial charge in [0.25, 0.3) is 0 Å². The second kappa shape index (κ2) is 14.8. The molecule has 66 heavy (non-hydrogen) atoms. The predicted octanol–water partition coefficient (Wildman–Crippen LogP) is 15.3. The molecule has 0 unspecified atom stereocenters. The van der Waals surface area contributed by atoms with Crippen LogP contribution in [0.2, 0.25) is 0 Å². The van der Waals surface area contributed by atoms with Crippen LogP contribution in [-0.4, -0.2) is 29.1 Å². The van der Waals surface area contributed by atoms with Crippen molar-refractivity contribution in [2.45, 2.75) is 12.8 Å². The minimum Gasteiger partial charge on any atom is -0.308 e. The SMILES string of the molecule is c1ccc(-c2nc(CCc3cc(-n4c5ccccc5c5c6sc7ccccc7c6ccc54)cnc3-n3c4ccccc4c4c5sc6ccccc6c5ccc43)nc(-c3ccccc3)n2)cc1. The van der Waals surface area contributed by atoms with Crippen molar-refractivity contribution in [3.8, 4) is 34.3 Å². The summed E-state index contributed by atoms with van der Waals surface area (Å²) in [4.78, 5) is 20.8. The molecule has 6 nitrogen and oxygen atoms in total. The molecule has 0 atom stereocenters. The summed E-state index contributed by atoms with van der Waals surface area (Å²) in [6, 6.07) is 67.1. The molecule has 0 aliphatic carbocycles. The van der Waals surface area contributed by atoms with E-state index in [4.69, 9.17) is 19.9 Å². The van der Waals surface area contributed by atoms with Gasteiger partial charge in [0.2, 0.25) is 0 Å². The van der Waals surface area contributed by atoms with Crippen LogP contribution >= 0.6 is 22.7 Å². The molecule has 0 N–H and O–H groups in total. The first-order valence-corrected chi connectivity index (χ1v) is 23.9. The Morgan fingerprint density at radius 2 is 0.879 bits per heavy atom. The quantitative estimate of drug-likeness (QED) is 0.160. The Hall–Kier alpha value is -8.04. The van der Waals surface area contributed by atoms with Crippen molar-refractivity contribution in [1.82, 2.24) is 29.1 Å². The summed E-state index contributed by atoms with van der Waals surface area (Å²) in [7, 11) is 0. The summed E-state index contributed by atoms with van der Waals surface area (Å²) < 4.78 is 10.00. The first-order valence-electron chi connectivity index (χ1n) is 22.3. The van der Waals surface area contributed by atoms with Gasteiger partial charge in [-0.25, -0.2) is 19.9 Å². The molecule has 0 aliphatic rings. The topological polar surface area (TPSA) is 61.4 Å². The average molecular weight is 881 g/mol. The number of thiophene rings is 2. The average Bonchev–Trinajstić information content (AvgIpc) is 4.14. The minimum absolute atomic E-state index is 0.577. The normalized spacial score (nSPS) is 12.1. The summed E-state index contributed by atoms with van der Waals surface area (Å²) in [5.41, 5.74) is 8.61. The molecular weight excluding hydrogens is 845 g/mol. The van der Waals surface area contributed by atoms with Crippen molar-refractivity contribution in [2.75, 3.05) is 0 Å². The van der Waals surface area contributed by atoms with Crippen LogP contribution in [0.3, 0.4) is 0 Å². The van der Waals surface area contributed by atoms with Gasteiger partial charge in [-0.1, -0.05) is 146 Å². The van der Waals surface area contributed by atoms with E-state index < -0.39 is 0 Å². The molecule has 6 heterocycles. The Labute approximate surface area is 386 Å². The monoisotopic (exact) mass is 880 g/mol. The zero-order valence-electron chi connectivity index (χ0n) is 35.4. The summed E-state index contributed by atoms with van der Waals surface area (Å²) >= 11 is 3.75. The zero-order chi connectivity index (χ0) is 43.3. The number of aromatic nitrogens is 6. The third-order valence-corrected chi connectivity index (χ3v) is 15.5. The van der Waals surface area contributed by atoms with Gasteiger partial charge in [-0.15, -0.1) is 22.7 Å². The number of fused-ring (bicyclic) bond motifs is 14. The van der Waals surface area contributed by atoms with Crippen LogP contribution in [0.25, 0.3) is 118 Å². The van der Waals surface area contributed by atoms with E-state index >= 15 is 0 Å². The fourth-order valence-corrected chi connectivity index (χ4v) is 12.7. The van der Waals surface area contributed by atoms with Gasteiger partial charge >= 0.3 is 0 Å². The molecule has 14 rings (SSSR count). The lowest BCUT2D eigenvalue weighted by molar-refractivity contribution is 0.831. The van der Waals surface area contributed by atoms with Crippen LogP contribution in [0, 0.1) is 0 Å². The maximum atomic E-state index is 5.55. The lowest BCUT2D eigenvalue weighted by Gasteiger charge is -2.16. The summed E-state index contributed by atoms with van der Waals surface area (Å²) in [6.07, 6.45) is 3.29. The first kappa shape index (κ1) is 37.3. The molecule has 0 fully saturated rings. The van der Waals surface area contributed by atoms with E-state index in [-0.39, 0.29) is 0 Å². The van der Waals surface area contributed by atoms with E-state index in [1.807, 2.05) is 59.1 Å². The summed E-state index contributed by atoms with van der Waals surface area (Å²) in [5.74, 6) is 2.97. The number of hydrogen-bond acceptors (Lipinski definition) is 6. The van der Waals surface area contributed by atoms with E-state index in [0.29, 0.717) is 24.5 Å². The molecule has 0 radical (unpaired) electrons. The Morgan fingerprint density at radius 3 is 1.45 bits per heavy atom. The second-order valence-corrected chi connectivity index (χ2v) is 19.0. The lowest BCUT2D eigenvalue weighted by Crippen LogP contribution is -2.09. The highest BCUT2D eigenvalue weighted by Crippen LogP contribution is 2.45. The van der Waals surface area contributed by atoms with Gasteiger partial charge in [0, 0.05) is 79.4 Å². The molecule has 310 valence electrons. The number of benzene rings is 8. The van der Waals surface area contributed by atoms with Crippen molar-refractivity contribution in [3.05, 3.63) is 206 Å². The second-order valence-electron chi connectivity index (χ2n) is 16.9. The predicted molar refractivity (Wildman–Crippen MR) is 277 cm³/mol. The summed E-state index contributed by atoms with van der Waals surface area (Å²) in [5, 5.41) is 10.2. The Morgan fingerprint density at radius 1 is 0.394 bits per heavy atom. The number of pyridine rings is 1. The van der Waals surface area contributed by atoms with Crippen molar-refractivity contribution in [1.29, 1.82) is 0 Å². The summed E-state index contributed by atoms with van der Waals surface area (Å²) in [6.45, 7) is 0. The maximum absolute atomic E-state index is 5.55. The number of nitrogens with zero attached hydrogens (tertiary/aromatic N) is 6. The highest BCUT2D eigenvalue weighted by Gasteiger charge is 2.23. The van der Waals surface area contributed by atoms with E-state index in [0.717, 1.165) is 56.1 Å². The van der Waals surface area contributed by atoms with Gasteiger partial charge in [-0.2, -0.15) is 0 Å². The Balaban J connectivity index is 1.00. The molecule has 6 aromatic heterocycles. The third-order valence-electron chi connectivity index (χ3n) is 13.1. The largest absolute Gasteiger partial charge is 0.308 e. The smallest absolute Gasteiger partial charge is 0.163 e. The molecule has 0 saturated heterocycles. The standard InChI is InChI=1S/C58H36N6S2/c1-3-15-35(16-4-1)56-60-51(61-57(62-56)36-17-5-2-6-18-36)32-27-37-33-38(63-45-23-11-7-21-43(45)52-47(63)30-28-41-39-19-9-13-25-49(39)65-54(41)52)34-59-58(37)64-46-24-12-8-22-44(46)53-48(64)31-29-42-40-20-10-14-26-50(40)66-55(42)53/h1-26,28-31,33-34H,27,32H2. The molecule has 8 heteroatoms. The van der Waals surface area contributed by atoms with E-state index in [2.05, 4.69) is 167 Å². The molecule has 14 aromatic rings. The van der Waals surface area contributed by atoms with Gasteiger partial charge < -0.3 is 4.57 Å². The van der Waals surface area contributed by atoms with Crippen LogP contribution < -0.4 is 0 Å². The fourth-order valence-electron chi connectivity index (χ4n) is 10.2. The fraction of sp³-hybridized carbons (Fsp3) is 0.0345. The maximum Gasteiger partial charge on any atom is 0.163 e. The van der Waals surface area contributed by atoms with Gasteiger partial charge in [0.1, 0.15) is 11.6 Å².